The summed E-state index contributed by atoms with van der Waals surface area (Å²) in [7, 11) is 3.15. The number of halogens is 2. The first kappa shape index (κ1) is 11.5. The summed E-state index contributed by atoms with van der Waals surface area (Å²) in [6.07, 6.45) is -2.51. The molecule has 84 valence electrons. The van der Waals surface area contributed by atoms with E-state index < -0.39 is 13.0 Å². The van der Waals surface area contributed by atoms with Gasteiger partial charge in [0.25, 0.3) is 6.43 Å². The van der Waals surface area contributed by atoms with Crippen LogP contribution in [0.15, 0.2) is 12.1 Å². The number of methoxy groups -OCH3 is 1. The van der Waals surface area contributed by atoms with E-state index in [2.05, 4.69) is 10.3 Å². The number of hydrogen-bond acceptors (Lipinski definition) is 4. The second kappa shape index (κ2) is 5.33. The highest BCUT2D eigenvalue weighted by Gasteiger charge is 2.08. The maximum absolute atomic E-state index is 11.9. The van der Waals surface area contributed by atoms with E-state index in [1.165, 1.54) is 13.2 Å². The summed E-state index contributed by atoms with van der Waals surface area (Å²) in [6.45, 7) is -0.672. The number of nitrogens with zero attached hydrogens (tertiary/aromatic N) is 1. The lowest BCUT2D eigenvalue weighted by Crippen LogP contribution is -2.08. The van der Waals surface area contributed by atoms with Crippen molar-refractivity contribution in [1.29, 1.82) is 0 Å². The Morgan fingerprint density at radius 2 is 2.20 bits per heavy atom. The zero-order chi connectivity index (χ0) is 11.3. The topological polar surface area (TPSA) is 43.4 Å². The van der Waals surface area contributed by atoms with Gasteiger partial charge in [-0.05, 0) is 6.07 Å². The van der Waals surface area contributed by atoms with Crippen molar-refractivity contribution in [3.05, 3.63) is 12.1 Å². The van der Waals surface area contributed by atoms with Crippen LogP contribution in [0.2, 0.25) is 0 Å². The van der Waals surface area contributed by atoms with E-state index in [0.717, 1.165) is 0 Å². The van der Waals surface area contributed by atoms with Crippen molar-refractivity contribution in [2.75, 3.05) is 26.1 Å². The van der Waals surface area contributed by atoms with Gasteiger partial charge in [0.15, 0.2) is 6.61 Å². The van der Waals surface area contributed by atoms with Gasteiger partial charge in [-0.15, -0.1) is 0 Å². The zero-order valence-corrected chi connectivity index (χ0v) is 8.46. The molecule has 0 unspecified atom stereocenters. The quantitative estimate of drug-likeness (QED) is 0.818. The molecular formula is C9H12F2N2O2. The molecular weight excluding hydrogens is 206 g/mol. The van der Waals surface area contributed by atoms with Gasteiger partial charge in [0.2, 0.25) is 11.8 Å². The maximum Gasteiger partial charge on any atom is 0.272 e. The van der Waals surface area contributed by atoms with Crippen molar-refractivity contribution >= 4 is 5.69 Å². The van der Waals surface area contributed by atoms with E-state index in [-0.39, 0.29) is 5.88 Å². The lowest BCUT2D eigenvalue weighted by atomic mass is 10.4. The highest BCUT2D eigenvalue weighted by atomic mass is 19.3. The molecule has 0 saturated heterocycles. The van der Waals surface area contributed by atoms with Crippen LogP contribution in [0, 0.1) is 0 Å². The number of hydrogen-bond donors (Lipinski definition) is 1. The Labute approximate surface area is 86.2 Å². The van der Waals surface area contributed by atoms with Crippen molar-refractivity contribution in [3.63, 3.8) is 0 Å². The van der Waals surface area contributed by atoms with Crippen LogP contribution >= 0.6 is 0 Å². The number of nitrogens with one attached hydrogen (secondary N) is 1. The van der Waals surface area contributed by atoms with Crippen molar-refractivity contribution in [2.24, 2.45) is 0 Å². The van der Waals surface area contributed by atoms with Gasteiger partial charge in [-0.25, -0.2) is 8.78 Å². The van der Waals surface area contributed by atoms with Gasteiger partial charge in [-0.1, -0.05) is 0 Å². The van der Waals surface area contributed by atoms with Crippen LogP contribution in [-0.2, 0) is 0 Å². The minimum absolute atomic E-state index is 0.117. The highest BCUT2D eigenvalue weighted by molar-refractivity contribution is 5.53. The molecule has 1 heterocycles. The molecule has 0 amide bonds. The van der Waals surface area contributed by atoms with E-state index in [1.54, 1.807) is 13.1 Å². The monoisotopic (exact) mass is 218 g/mol. The number of ether oxygens (including phenoxy) is 2. The molecule has 0 bridgehead atoms. The smallest absolute Gasteiger partial charge is 0.272 e. The van der Waals surface area contributed by atoms with Crippen molar-refractivity contribution in [1.82, 2.24) is 4.98 Å². The van der Waals surface area contributed by atoms with E-state index >= 15 is 0 Å². The van der Waals surface area contributed by atoms with Crippen molar-refractivity contribution in [2.45, 2.75) is 6.43 Å². The van der Waals surface area contributed by atoms with Crippen LogP contribution in [0.4, 0.5) is 14.5 Å². The fourth-order valence-electron chi connectivity index (χ4n) is 0.998. The summed E-state index contributed by atoms with van der Waals surface area (Å²) in [6, 6.07) is 3.14. The van der Waals surface area contributed by atoms with Gasteiger partial charge < -0.3 is 14.8 Å². The fourth-order valence-corrected chi connectivity index (χ4v) is 0.998. The minimum Gasteiger partial charge on any atom is -0.479 e. The normalized spacial score (nSPS) is 10.2. The SMILES string of the molecule is CNc1ccc(OCC(F)F)nc1OC. The molecule has 1 rings (SSSR count). The van der Waals surface area contributed by atoms with Crippen LogP contribution in [-0.4, -0.2) is 32.2 Å². The summed E-state index contributed by atoms with van der Waals surface area (Å²) in [5.41, 5.74) is 0.668. The molecule has 0 atom stereocenters. The summed E-state index contributed by atoms with van der Waals surface area (Å²) in [5, 5.41) is 2.85. The van der Waals surface area contributed by atoms with E-state index in [9.17, 15) is 8.78 Å². The van der Waals surface area contributed by atoms with Crippen LogP contribution in [0.3, 0.4) is 0 Å². The van der Waals surface area contributed by atoms with Gasteiger partial charge in [0.05, 0.1) is 12.8 Å². The Bertz CT molecular complexity index is 321. The van der Waals surface area contributed by atoms with Crippen LogP contribution < -0.4 is 14.8 Å². The summed E-state index contributed by atoms with van der Waals surface area (Å²) < 4.78 is 33.4. The molecule has 15 heavy (non-hydrogen) atoms. The van der Waals surface area contributed by atoms with Crippen molar-refractivity contribution in [3.8, 4) is 11.8 Å². The second-order valence-corrected chi connectivity index (χ2v) is 2.66. The largest absolute Gasteiger partial charge is 0.479 e. The van der Waals surface area contributed by atoms with Crippen LogP contribution in [0.1, 0.15) is 0 Å². The first-order chi connectivity index (χ1) is 7.17. The summed E-state index contributed by atoms with van der Waals surface area (Å²) in [5.74, 6) is 0.426. The predicted molar refractivity (Wildman–Crippen MR) is 51.8 cm³/mol. The Hall–Kier alpha value is -1.59. The molecule has 4 nitrogen and oxygen atoms in total. The molecule has 0 spiro atoms. The van der Waals surface area contributed by atoms with Crippen LogP contribution in [0.25, 0.3) is 0 Å². The van der Waals surface area contributed by atoms with Gasteiger partial charge >= 0.3 is 0 Å². The minimum atomic E-state index is -2.51. The number of aromatic nitrogens is 1. The Morgan fingerprint density at radius 3 is 2.73 bits per heavy atom. The van der Waals surface area contributed by atoms with E-state index in [4.69, 9.17) is 9.47 Å². The third-order valence-electron chi connectivity index (χ3n) is 1.65. The zero-order valence-electron chi connectivity index (χ0n) is 8.46. The molecule has 0 aliphatic rings. The number of rotatable bonds is 5. The second-order valence-electron chi connectivity index (χ2n) is 2.66. The number of alkyl halides is 2. The van der Waals surface area contributed by atoms with Crippen LogP contribution in [0.5, 0.6) is 11.8 Å². The first-order valence-corrected chi connectivity index (χ1v) is 4.31. The maximum atomic E-state index is 11.9. The molecule has 0 aliphatic carbocycles. The molecule has 1 N–H and O–H groups in total. The average Bonchev–Trinajstić information content (AvgIpc) is 2.25. The fraction of sp³-hybridized carbons (Fsp3) is 0.444. The molecule has 1 aromatic rings. The standard InChI is InChI=1S/C9H12F2N2O2/c1-12-6-3-4-8(13-9(6)14-2)15-5-7(10)11/h3-4,7,12H,5H2,1-2H3. The molecule has 0 aliphatic heterocycles. The Kier molecular flexibility index (Phi) is 4.08. The van der Waals surface area contributed by atoms with Gasteiger partial charge in [0.1, 0.15) is 0 Å². The average molecular weight is 218 g/mol. The van der Waals surface area contributed by atoms with E-state index in [1.807, 2.05) is 0 Å². The number of anilines is 1. The number of pyridine rings is 1. The first-order valence-electron chi connectivity index (χ1n) is 4.31. The van der Waals surface area contributed by atoms with Crippen molar-refractivity contribution < 1.29 is 18.3 Å². The highest BCUT2D eigenvalue weighted by Crippen LogP contribution is 2.24. The molecule has 0 aromatic carbocycles. The lowest BCUT2D eigenvalue weighted by molar-refractivity contribution is 0.0793. The third kappa shape index (κ3) is 3.23. The Morgan fingerprint density at radius 1 is 1.47 bits per heavy atom. The molecule has 0 radical (unpaired) electrons. The predicted octanol–water partition coefficient (Wildman–Crippen LogP) is 1.78. The lowest BCUT2D eigenvalue weighted by Gasteiger charge is -2.09. The Balaban J connectivity index is 2.74. The molecule has 0 saturated carbocycles. The van der Waals surface area contributed by atoms with Gasteiger partial charge in [-0.3, -0.25) is 0 Å². The molecule has 6 heteroatoms. The third-order valence-corrected chi connectivity index (χ3v) is 1.65. The molecule has 0 fully saturated rings. The summed E-state index contributed by atoms with van der Waals surface area (Å²) in [4.78, 5) is 3.89. The van der Waals surface area contributed by atoms with Gasteiger partial charge in [0, 0.05) is 13.1 Å². The summed E-state index contributed by atoms with van der Waals surface area (Å²) >= 11 is 0. The van der Waals surface area contributed by atoms with Gasteiger partial charge in [-0.2, -0.15) is 4.98 Å². The molecule has 1 aromatic heterocycles. The van der Waals surface area contributed by atoms with E-state index in [0.29, 0.717) is 11.6 Å².